The van der Waals surface area contributed by atoms with Gasteiger partial charge in [0, 0.05) is 12.1 Å². The molecule has 1 unspecified atom stereocenters. The molecule has 0 aromatic heterocycles. The molecule has 0 aliphatic carbocycles. The zero-order chi connectivity index (χ0) is 14.4. The number of hydrogen-bond donors (Lipinski definition) is 1. The maximum atomic E-state index is 13.9. The number of halogens is 2. The minimum atomic E-state index is -2.84. The molecule has 0 radical (unpaired) electrons. The summed E-state index contributed by atoms with van der Waals surface area (Å²) >= 11 is 0. The van der Waals surface area contributed by atoms with Gasteiger partial charge < -0.3 is 5.32 Å². The highest BCUT2D eigenvalue weighted by Crippen LogP contribution is 2.26. The Hall–Kier alpha value is -1.74. The smallest absolute Gasteiger partial charge is 0.285 e. The molecule has 1 N–H and O–H groups in total. The summed E-state index contributed by atoms with van der Waals surface area (Å²) in [7, 11) is 0. The van der Waals surface area contributed by atoms with Crippen molar-refractivity contribution in [2.75, 3.05) is 13.1 Å². The van der Waals surface area contributed by atoms with E-state index in [1.165, 1.54) is 12.1 Å². The molecule has 2 aromatic carbocycles. The summed E-state index contributed by atoms with van der Waals surface area (Å²) in [6.07, 6.45) is 0. The lowest BCUT2D eigenvalue weighted by Gasteiger charge is -2.19. The van der Waals surface area contributed by atoms with E-state index in [0.29, 0.717) is 6.54 Å². The van der Waals surface area contributed by atoms with Crippen molar-refractivity contribution < 1.29 is 8.78 Å². The third-order valence-electron chi connectivity index (χ3n) is 3.36. The van der Waals surface area contributed by atoms with Crippen molar-refractivity contribution in [3.8, 4) is 0 Å². The largest absolute Gasteiger partial charge is 0.310 e. The second-order valence-electron chi connectivity index (χ2n) is 5.01. The number of rotatable bonds is 6. The summed E-state index contributed by atoms with van der Waals surface area (Å²) < 4.78 is 27.9. The Labute approximate surface area is 118 Å². The Bertz CT molecular complexity index is 511. The molecule has 0 heterocycles. The maximum Gasteiger partial charge on any atom is 0.285 e. The van der Waals surface area contributed by atoms with E-state index in [4.69, 9.17) is 0 Å². The van der Waals surface area contributed by atoms with Crippen LogP contribution in [0, 0.1) is 0 Å². The topological polar surface area (TPSA) is 12.0 Å². The van der Waals surface area contributed by atoms with E-state index < -0.39 is 5.92 Å². The number of hydrogen-bond acceptors (Lipinski definition) is 1. The van der Waals surface area contributed by atoms with Crippen LogP contribution in [0.15, 0.2) is 60.7 Å². The van der Waals surface area contributed by atoms with Crippen molar-refractivity contribution in [3.63, 3.8) is 0 Å². The molecule has 2 rings (SSSR count). The van der Waals surface area contributed by atoms with Gasteiger partial charge in [0.1, 0.15) is 0 Å². The average Bonchev–Trinajstić information content (AvgIpc) is 2.49. The summed E-state index contributed by atoms with van der Waals surface area (Å²) in [6.45, 7) is 2.23. The van der Waals surface area contributed by atoms with E-state index in [1.807, 2.05) is 37.3 Å². The van der Waals surface area contributed by atoms with Gasteiger partial charge in [-0.05, 0) is 11.5 Å². The fourth-order valence-electron chi connectivity index (χ4n) is 2.13. The first-order valence-electron chi connectivity index (χ1n) is 6.78. The number of benzene rings is 2. The van der Waals surface area contributed by atoms with Crippen molar-refractivity contribution in [2.24, 2.45) is 0 Å². The third kappa shape index (κ3) is 3.87. The minimum Gasteiger partial charge on any atom is -0.310 e. The molecule has 0 spiro atoms. The van der Waals surface area contributed by atoms with Gasteiger partial charge in [-0.15, -0.1) is 0 Å². The Morgan fingerprint density at radius 2 is 1.50 bits per heavy atom. The number of nitrogens with one attached hydrogen (secondary N) is 1. The van der Waals surface area contributed by atoms with E-state index in [0.717, 1.165) is 5.56 Å². The van der Waals surface area contributed by atoms with Crippen LogP contribution in [0.25, 0.3) is 0 Å². The van der Waals surface area contributed by atoms with Crippen LogP contribution in [0.3, 0.4) is 0 Å². The van der Waals surface area contributed by atoms with Crippen LogP contribution in [-0.4, -0.2) is 13.1 Å². The number of alkyl halides is 2. The first-order valence-corrected chi connectivity index (χ1v) is 6.78. The average molecular weight is 275 g/mol. The van der Waals surface area contributed by atoms with Crippen LogP contribution in [0.5, 0.6) is 0 Å². The van der Waals surface area contributed by atoms with Crippen molar-refractivity contribution in [1.82, 2.24) is 5.32 Å². The van der Waals surface area contributed by atoms with Crippen molar-refractivity contribution in [3.05, 3.63) is 71.8 Å². The molecule has 0 aliphatic rings. The second-order valence-corrected chi connectivity index (χ2v) is 5.01. The van der Waals surface area contributed by atoms with E-state index in [9.17, 15) is 8.78 Å². The summed E-state index contributed by atoms with van der Waals surface area (Å²) in [5, 5.41) is 2.87. The van der Waals surface area contributed by atoms with Crippen LogP contribution in [-0.2, 0) is 5.92 Å². The molecule has 0 bridgehead atoms. The van der Waals surface area contributed by atoms with Gasteiger partial charge >= 0.3 is 0 Å². The van der Waals surface area contributed by atoms with Gasteiger partial charge in [0.05, 0.1) is 6.54 Å². The molecular formula is C17H19F2N. The lowest BCUT2D eigenvalue weighted by molar-refractivity contribution is -0.00318. The molecule has 0 aliphatic heterocycles. The predicted octanol–water partition coefficient (Wildman–Crippen LogP) is 4.17. The van der Waals surface area contributed by atoms with Crippen molar-refractivity contribution in [1.29, 1.82) is 0 Å². The molecule has 1 nitrogen and oxygen atoms in total. The highest BCUT2D eigenvalue weighted by atomic mass is 19.3. The Kier molecular flexibility index (Phi) is 4.85. The Balaban J connectivity index is 1.87. The first-order chi connectivity index (χ1) is 9.59. The van der Waals surface area contributed by atoms with Crippen LogP contribution < -0.4 is 5.32 Å². The van der Waals surface area contributed by atoms with Gasteiger partial charge in [-0.25, -0.2) is 0 Å². The molecule has 3 heteroatoms. The van der Waals surface area contributed by atoms with E-state index >= 15 is 0 Å². The Morgan fingerprint density at radius 1 is 0.950 bits per heavy atom. The molecule has 2 aromatic rings. The van der Waals surface area contributed by atoms with E-state index in [1.54, 1.807) is 18.2 Å². The summed E-state index contributed by atoms with van der Waals surface area (Å²) in [5.74, 6) is -2.62. The first kappa shape index (κ1) is 14.7. The molecule has 20 heavy (non-hydrogen) atoms. The van der Waals surface area contributed by atoms with Crippen LogP contribution in [0.4, 0.5) is 8.78 Å². The second kappa shape index (κ2) is 6.62. The van der Waals surface area contributed by atoms with Gasteiger partial charge in [-0.1, -0.05) is 67.6 Å². The lowest BCUT2D eigenvalue weighted by atomic mass is 10.0. The zero-order valence-corrected chi connectivity index (χ0v) is 11.5. The van der Waals surface area contributed by atoms with Crippen LogP contribution >= 0.6 is 0 Å². The summed E-state index contributed by atoms with van der Waals surface area (Å²) in [6, 6.07) is 17.8. The van der Waals surface area contributed by atoms with Crippen LogP contribution in [0.2, 0.25) is 0 Å². The van der Waals surface area contributed by atoms with Gasteiger partial charge in [0.2, 0.25) is 0 Å². The molecule has 0 fully saturated rings. The molecule has 1 atom stereocenters. The monoisotopic (exact) mass is 275 g/mol. The van der Waals surface area contributed by atoms with Gasteiger partial charge in [0.15, 0.2) is 0 Å². The van der Waals surface area contributed by atoms with Crippen LogP contribution in [0.1, 0.15) is 24.0 Å². The van der Waals surface area contributed by atoms with Gasteiger partial charge in [-0.2, -0.15) is 8.78 Å². The van der Waals surface area contributed by atoms with Gasteiger partial charge in [-0.3, -0.25) is 0 Å². The maximum absolute atomic E-state index is 13.9. The normalized spacial score (nSPS) is 13.2. The fourth-order valence-corrected chi connectivity index (χ4v) is 2.13. The van der Waals surface area contributed by atoms with Gasteiger partial charge in [0.25, 0.3) is 5.92 Å². The Morgan fingerprint density at radius 3 is 2.10 bits per heavy atom. The lowest BCUT2D eigenvalue weighted by Crippen LogP contribution is -2.32. The van der Waals surface area contributed by atoms with Crippen molar-refractivity contribution >= 4 is 0 Å². The summed E-state index contributed by atoms with van der Waals surface area (Å²) in [4.78, 5) is 0. The third-order valence-corrected chi connectivity index (χ3v) is 3.36. The fraction of sp³-hybridized carbons (Fsp3) is 0.294. The predicted molar refractivity (Wildman–Crippen MR) is 78.1 cm³/mol. The summed E-state index contributed by atoms with van der Waals surface area (Å²) in [5.41, 5.74) is 1.21. The molecule has 0 amide bonds. The molecule has 0 saturated carbocycles. The quantitative estimate of drug-likeness (QED) is 0.834. The SMILES string of the molecule is CC(CNCC(F)(F)c1ccccc1)c1ccccc1. The van der Waals surface area contributed by atoms with E-state index in [2.05, 4.69) is 5.32 Å². The molecule has 0 saturated heterocycles. The standard InChI is InChI=1S/C17H19F2N/c1-14(15-8-4-2-5-9-15)12-20-13-17(18,19)16-10-6-3-7-11-16/h2-11,14,20H,12-13H2,1H3. The minimum absolute atomic E-state index is 0.0554. The zero-order valence-electron chi connectivity index (χ0n) is 11.5. The van der Waals surface area contributed by atoms with Crippen molar-refractivity contribution in [2.45, 2.75) is 18.8 Å². The molecular weight excluding hydrogens is 256 g/mol. The highest BCUT2D eigenvalue weighted by Gasteiger charge is 2.30. The molecule has 106 valence electrons. The highest BCUT2D eigenvalue weighted by molar-refractivity contribution is 5.21. The van der Waals surface area contributed by atoms with E-state index in [-0.39, 0.29) is 18.0 Å².